The fourth-order valence-corrected chi connectivity index (χ4v) is 2.62. The molecule has 0 aromatic heterocycles. The zero-order valence-corrected chi connectivity index (χ0v) is 15.3. The molecule has 1 fully saturated rings. The van der Waals surface area contributed by atoms with Gasteiger partial charge in [-0.25, -0.2) is 4.79 Å². The molecule has 0 saturated carbocycles. The summed E-state index contributed by atoms with van der Waals surface area (Å²) in [5.74, 6) is -0.195. The zero-order chi connectivity index (χ0) is 19.3. The molecule has 1 N–H and O–H groups in total. The first-order valence-corrected chi connectivity index (χ1v) is 8.45. The SMILES string of the molecule is C=C(C)COc1ccc(C2(C)NC(=O)N(CCC(=O)OCC)C2=O)cc1. The number of benzene rings is 1. The molecular weight excluding hydrogens is 336 g/mol. The van der Waals surface area contributed by atoms with Crippen molar-refractivity contribution in [2.75, 3.05) is 19.8 Å². The number of nitrogens with zero attached hydrogens (tertiary/aromatic N) is 1. The Hall–Kier alpha value is -2.83. The molecule has 0 bridgehead atoms. The summed E-state index contributed by atoms with van der Waals surface area (Å²) in [5, 5.41) is 2.70. The van der Waals surface area contributed by atoms with E-state index in [4.69, 9.17) is 9.47 Å². The van der Waals surface area contributed by atoms with Crippen LogP contribution in [0.3, 0.4) is 0 Å². The van der Waals surface area contributed by atoms with Crippen LogP contribution >= 0.6 is 0 Å². The lowest BCUT2D eigenvalue weighted by molar-refractivity contribution is -0.143. The summed E-state index contributed by atoms with van der Waals surface area (Å²) in [6.45, 7) is 9.64. The standard InChI is InChI=1S/C19H24N2O5/c1-5-25-16(22)10-11-21-17(23)19(4,20-18(21)24)14-6-8-15(9-7-14)26-12-13(2)3/h6-9H,2,5,10-12H2,1,3-4H3,(H,20,24). The molecule has 1 saturated heterocycles. The average Bonchev–Trinajstić information content (AvgIpc) is 2.82. The maximum atomic E-state index is 12.8. The molecule has 1 unspecified atom stereocenters. The largest absolute Gasteiger partial charge is 0.489 e. The molecule has 1 heterocycles. The minimum absolute atomic E-state index is 0.0150. The maximum Gasteiger partial charge on any atom is 0.325 e. The van der Waals surface area contributed by atoms with Gasteiger partial charge in [0.15, 0.2) is 0 Å². The Bertz CT molecular complexity index is 713. The molecule has 26 heavy (non-hydrogen) atoms. The predicted octanol–water partition coefficient (Wildman–Crippen LogP) is 2.36. The Morgan fingerprint density at radius 1 is 1.27 bits per heavy atom. The van der Waals surface area contributed by atoms with E-state index in [2.05, 4.69) is 11.9 Å². The Labute approximate surface area is 153 Å². The second-order valence-electron chi connectivity index (χ2n) is 6.34. The maximum absolute atomic E-state index is 12.8. The van der Waals surface area contributed by atoms with E-state index in [1.165, 1.54) is 0 Å². The molecule has 0 aliphatic carbocycles. The summed E-state index contributed by atoms with van der Waals surface area (Å²) >= 11 is 0. The van der Waals surface area contributed by atoms with Crippen molar-refractivity contribution in [1.82, 2.24) is 10.2 Å². The molecule has 1 aromatic rings. The van der Waals surface area contributed by atoms with Crippen LogP contribution < -0.4 is 10.1 Å². The van der Waals surface area contributed by atoms with Gasteiger partial charge in [0, 0.05) is 6.54 Å². The quantitative estimate of drug-likeness (QED) is 0.437. The average molecular weight is 360 g/mol. The molecule has 3 amide bonds. The fourth-order valence-electron chi connectivity index (χ4n) is 2.62. The minimum Gasteiger partial charge on any atom is -0.489 e. The normalized spacial score (nSPS) is 19.3. The molecule has 1 aliphatic rings. The molecule has 1 aliphatic heterocycles. The minimum atomic E-state index is -1.18. The number of urea groups is 1. The Morgan fingerprint density at radius 2 is 1.92 bits per heavy atom. The number of ether oxygens (including phenoxy) is 2. The molecule has 140 valence electrons. The van der Waals surface area contributed by atoms with E-state index >= 15 is 0 Å². The highest BCUT2D eigenvalue weighted by Crippen LogP contribution is 2.30. The van der Waals surface area contributed by atoms with Gasteiger partial charge in [0.25, 0.3) is 5.91 Å². The third-order valence-corrected chi connectivity index (χ3v) is 4.04. The van der Waals surface area contributed by atoms with Crippen LogP contribution in [0.25, 0.3) is 0 Å². The Balaban J connectivity index is 2.09. The van der Waals surface area contributed by atoms with Crippen molar-refractivity contribution in [3.63, 3.8) is 0 Å². The summed E-state index contributed by atoms with van der Waals surface area (Å²) in [7, 11) is 0. The summed E-state index contributed by atoms with van der Waals surface area (Å²) in [6, 6.07) is 6.43. The van der Waals surface area contributed by atoms with Crippen LogP contribution in [0.2, 0.25) is 0 Å². The predicted molar refractivity (Wildman–Crippen MR) is 95.6 cm³/mol. The van der Waals surface area contributed by atoms with Gasteiger partial charge in [0.1, 0.15) is 17.9 Å². The van der Waals surface area contributed by atoms with Crippen molar-refractivity contribution in [1.29, 1.82) is 0 Å². The van der Waals surface area contributed by atoms with Crippen molar-refractivity contribution >= 4 is 17.9 Å². The van der Waals surface area contributed by atoms with Gasteiger partial charge in [0.2, 0.25) is 0 Å². The fraction of sp³-hybridized carbons (Fsp3) is 0.421. The summed E-state index contributed by atoms with van der Waals surface area (Å²) in [5.41, 5.74) is 0.354. The third kappa shape index (κ3) is 4.22. The Kier molecular flexibility index (Phi) is 6.02. The number of carbonyl (C=O) groups is 3. The number of esters is 1. The van der Waals surface area contributed by atoms with Gasteiger partial charge < -0.3 is 14.8 Å². The van der Waals surface area contributed by atoms with Gasteiger partial charge in [0.05, 0.1) is 13.0 Å². The lowest BCUT2D eigenvalue weighted by Crippen LogP contribution is -2.41. The van der Waals surface area contributed by atoms with Crippen LogP contribution in [0.15, 0.2) is 36.4 Å². The van der Waals surface area contributed by atoms with Crippen molar-refractivity contribution < 1.29 is 23.9 Å². The number of imide groups is 1. The number of amides is 3. The summed E-state index contributed by atoms with van der Waals surface area (Å²) < 4.78 is 10.4. The first-order valence-electron chi connectivity index (χ1n) is 8.45. The second-order valence-corrected chi connectivity index (χ2v) is 6.34. The highest BCUT2D eigenvalue weighted by molar-refractivity contribution is 6.07. The van der Waals surface area contributed by atoms with E-state index in [-0.39, 0.29) is 19.6 Å². The van der Waals surface area contributed by atoms with Gasteiger partial charge in [-0.05, 0) is 44.0 Å². The van der Waals surface area contributed by atoms with E-state index in [0.717, 1.165) is 10.5 Å². The number of nitrogens with one attached hydrogen (secondary N) is 1. The first-order chi connectivity index (χ1) is 12.3. The summed E-state index contributed by atoms with van der Waals surface area (Å²) in [6.07, 6.45) is -0.0310. The molecule has 0 spiro atoms. The van der Waals surface area contributed by atoms with Gasteiger partial charge in [-0.3, -0.25) is 14.5 Å². The molecule has 1 aromatic carbocycles. The van der Waals surface area contributed by atoms with Gasteiger partial charge in [-0.2, -0.15) is 0 Å². The molecule has 7 heteroatoms. The van der Waals surface area contributed by atoms with Gasteiger partial charge in [-0.15, -0.1) is 0 Å². The van der Waals surface area contributed by atoms with Crippen LogP contribution in [-0.4, -0.2) is 42.6 Å². The van der Waals surface area contributed by atoms with Crippen molar-refractivity contribution in [3.05, 3.63) is 42.0 Å². The van der Waals surface area contributed by atoms with Gasteiger partial charge >= 0.3 is 12.0 Å². The van der Waals surface area contributed by atoms with Crippen LogP contribution in [-0.2, 0) is 19.9 Å². The molecule has 0 radical (unpaired) electrons. The van der Waals surface area contributed by atoms with Crippen LogP contribution in [0.4, 0.5) is 4.79 Å². The molecule has 2 rings (SSSR count). The van der Waals surface area contributed by atoms with E-state index < -0.39 is 23.4 Å². The van der Waals surface area contributed by atoms with E-state index in [9.17, 15) is 14.4 Å². The molecular formula is C19H24N2O5. The second kappa shape index (κ2) is 8.03. The molecule has 1 atom stereocenters. The van der Waals surface area contributed by atoms with Crippen LogP contribution in [0.5, 0.6) is 5.75 Å². The highest BCUT2D eigenvalue weighted by Gasteiger charge is 2.48. The van der Waals surface area contributed by atoms with E-state index in [1.54, 1.807) is 38.1 Å². The van der Waals surface area contributed by atoms with Crippen LogP contribution in [0.1, 0.15) is 32.8 Å². The molecule has 7 nitrogen and oxygen atoms in total. The van der Waals surface area contributed by atoms with Crippen molar-refractivity contribution in [2.45, 2.75) is 32.7 Å². The summed E-state index contributed by atoms with van der Waals surface area (Å²) in [4.78, 5) is 37.5. The number of hydrogen-bond acceptors (Lipinski definition) is 5. The van der Waals surface area contributed by atoms with Crippen LogP contribution in [0, 0.1) is 0 Å². The third-order valence-electron chi connectivity index (χ3n) is 4.04. The van der Waals surface area contributed by atoms with E-state index in [0.29, 0.717) is 17.9 Å². The number of carbonyl (C=O) groups excluding carboxylic acids is 3. The number of rotatable bonds is 8. The van der Waals surface area contributed by atoms with E-state index in [1.807, 2.05) is 6.92 Å². The van der Waals surface area contributed by atoms with Gasteiger partial charge in [-0.1, -0.05) is 18.7 Å². The lowest BCUT2D eigenvalue weighted by Gasteiger charge is -2.22. The topological polar surface area (TPSA) is 84.9 Å². The zero-order valence-electron chi connectivity index (χ0n) is 15.3. The first kappa shape index (κ1) is 19.5. The monoisotopic (exact) mass is 360 g/mol. The van der Waals surface area contributed by atoms with Crippen molar-refractivity contribution in [2.24, 2.45) is 0 Å². The lowest BCUT2D eigenvalue weighted by atomic mass is 9.92. The number of hydrogen-bond donors (Lipinski definition) is 1. The Morgan fingerprint density at radius 3 is 2.50 bits per heavy atom. The highest BCUT2D eigenvalue weighted by atomic mass is 16.5. The smallest absolute Gasteiger partial charge is 0.325 e. The van der Waals surface area contributed by atoms with Crippen molar-refractivity contribution in [3.8, 4) is 5.75 Å².